The summed E-state index contributed by atoms with van der Waals surface area (Å²) in [6.07, 6.45) is 5.56. The number of hydrogen-bond donors (Lipinski definition) is 3. The van der Waals surface area contributed by atoms with Gasteiger partial charge in [-0.05, 0) is 62.5 Å². The normalized spacial score (nSPS) is 28.5. The van der Waals surface area contributed by atoms with Gasteiger partial charge in [-0.3, -0.25) is 19.3 Å². The molecule has 0 unspecified atom stereocenters. The van der Waals surface area contributed by atoms with E-state index in [4.69, 9.17) is 9.47 Å². The Balaban J connectivity index is 1.24. The molecule has 1 aromatic carbocycles. The topological polar surface area (TPSA) is 184 Å². The second-order valence-electron chi connectivity index (χ2n) is 14.9. The third-order valence-electron chi connectivity index (χ3n) is 11.1. The summed E-state index contributed by atoms with van der Waals surface area (Å²) in [7, 11) is -1.61. The van der Waals surface area contributed by atoms with Gasteiger partial charge in [0.15, 0.2) is 0 Å². The predicted molar refractivity (Wildman–Crippen MR) is 184 cm³/mol. The number of fused-ring (bicyclic) bond motifs is 3. The molecule has 4 fully saturated rings. The monoisotopic (exact) mass is 748 g/mol. The summed E-state index contributed by atoms with van der Waals surface area (Å²) in [6.45, 7) is -0.0371. The van der Waals surface area contributed by atoms with Crippen LogP contribution in [0.1, 0.15) is 94.6 Å². The molecule has 286 valence electrons. The van der Waals surface area contributed by atoms with Crippen molar-refractivity contribution in [2.45, 2.75) is 126 Å². The maximum Gasteiger partial charge on any atom is 0.410 e. The molecule has 6 rings (SSSR count). The van der Waals surface area contributed by atoms with E-state index in [1.54, 1.807) is 12.1 Å². The summed E-state index contributed by atoms with van der Waals surface area (Å²) < 4.78 is 54.1. The van der Waals surface area contributed by atoms with Gasteiger partial charge >= 0.3 is 22.4 Å². The van der Waals surface area contributed by atoms with Crippen molar-refractivity contribution in [3.05, 3.63) is 35.1 Å². The van der Waals surface area contributed by atoms with Crippen LogP contribution in [-0.4, -0.2) is 103 Å². The maximum atomic E-state index is 14.4. The van der Waals surface area contributed by atoms with E-state index in [-0.39, 0.29) is 44.5 Å². The van der Waals surface area contributed by atoms with Crippen molar-refractivity contribution < 1.29 is 46.3 Å². The Labute approximate surface area is 303 Å². The number of rotatable bonds is 6. The summed E-state index contributed by atoms with van der Waals surface area (Å²) >= 11 is 0. The average molecular weight is 749 g/mol. The molecule has 2 saturated heterocycles. The Morgan fingerprint density at radius 2 is 1.63 bits per heavy atom. The first-order valence-corrected chi connectivity index (χ1v) is 19.8. The first kappa shape index (κ1) is 37.8. The molecule has 5 amide bonds. The van der Waals surface area contributed by atoms with Gasteiger partial charge in [-0.2, -0.15) is 12.7 Å². The first-order chi connectivity index (χ1) is 24.8. The molecular formula is C35H49FN6O9S. The Morgan fingerprint density at radius 3 is 2.35 bits per heavy atom. The number of nitrogens with one attached hydrogen (secondary N) is 3. The molecule has 1 aromatic rings. The quantitative estimate of drug-likeness (QED) is 0.394. The van der Waals surface area contributed by atoms with Crippen LogP contribution in [-0.2, 0) is 47.2 Å². The maximum absolute atomic E-state index is 14.4. The van der Waals surface area contributed by atoms with Gasteiger partial charge in [-0.1, -0.05) is 44.2 Å². The minimum Gasteiger partial charge on any atom is -0.446 e. The minimum atomic E-state index is -4.17. The van der Waals surface area contributed by atoms with Crippen LogP contribution in [0.3, 0.4) is 0 Å². The summed E-state index contributed by atoms with van der Waals surface area (Å²) in [4.78, 5) is 71.1. The standard InChI is InChI=1S/C35H49FN6O9S/c1-40(2)52(48,49)39-32(45)35-18-23(35)12-6-4-3-5-7-16-28(37-33(46)50-24-13-8-9-14-24)31(44)42-20-25(17-29(42)30(43)38-35)51-34(47)41-19-22-11-10-15-27(36)26(22)21-41/h10-11,15,23-25,28-29H,3-9,12-14,16-21H2,1-2H3,(H,37,46)(H,38,43)(H,39,45)/t23-,25-,28+,29+,35-/m1/s1. The Kier molecular flexibility index (Phi) is 11.3. The average Bonchev–Trinajstić information content (AvgIpc) is 3.52. The fraction of sp³-hybridized carbons (Fsp3) is 0.686. The highest BCUT2D eigenvalue weighted by atomic mass is 32.2. The lowest BCUT2D eigenvalue weighted by Crippen LogP contribution is -2.58. The van der Waals surface area contributed by atoms with Gasteiger partial charge in [0.05, 0.1) is 13.1 Å². The van der Waals surface area contributed by atoms with Crippen molar-refractivity contribution >= 4 is 40.1 Å². The zero-order valence-electron chi connectivity index (χ0n) is 29.7. The van der Waals surface area contributed by atoms with Crippen molar-refractivity contribution in [3.63, 3.8) is 0 Å². The number of nitrogens with zero attached hydrogens (tertiary/aromatic N) is 3. The van der Waals surface area contributed by atoms with Crippen LogP contribution in [0, 0.1) is 11.7 Å². The summed E-state index contributed by atoms with van der Waals surface area (Å²) in [5, 5.41) is 5.55. The SMILES string of the molecule is CN(C)S(=O)(=O)NC(=O)[C@@]12C[C@H]1CCCCCCC[C@H](NC(=O)OC1CCCC1)C(=O)N1C[C@H](OC(=O)N3Cc4cccc(F)c4C3)C[C@H]1C(=O)N2. The Hall–Kier alpha value is -3.99. The molecule has 2 aliphatic carbocycles. The highest BCUT2D eigenvalue weighted by Crippen LogP contribution is 2.48. The van der Waals surface area contributed by atoms with Crippen molar-refractivity contribution in [1.82, 2.24) is 29.5 Å². The largest absolute Gasteiger partial charge is 0.446 e. The van der Waals surface area contributed by atoms with Gasteiger partial charge < -0.3 is 25.0 Å². The van der Waals surface area contributed by atoms with Crippen molar-refractivity contribution in [1.29, 1.82) is 0 Å². The van der Waals surface area contributed by atoms with E-state index in [0.717, 1.165) is 55.7 Å². The second kappa shape index (κ2) is 15.5. The molecule has 52 heavy (non-hydrogen) atoms. The third kappa shape index (κ3) is 8.29. The molecule has 3 N–H and O–H groups in total. The molecule has 17 heteroatoms. The van der Waals surface area contributed by atoms with Gasteiger partial charge in [0.25, 0.3) is 5.91 Å². The van der Waals surface area contributed by atoms with E-state index in [2.05, 4.69) is 15.4 Å². The molecule has 0 aromatic heterocycles. The number of benzene rings is 1. The van der Waals surface area contributed by atoms with E-state index in [1.807, 2.05) is 0 Å². The molecule has 0 bridgehead atoms. The lowest BCUT2D eigenvalue weighted by atomic mass is 10.0. The van der Waals surface area contributed by atoms with Crippen molar-refractivity contribution in [2.24, 2.45) is 5.92 Å². The van der Waals surface area contributed by atoms with Crippen LogP contribution in [0.15, 0.2) is 18.2 Å². The lowest BCUT2D eigenvalue weighted by molar-refractivity contribution is -0.141. The van der Waals surface area contributed by atoms with Gasteiger partial charge in [-0.25, -0.2) is 18.7 Å². The fourth-order valence-corrected chi connectivity index (χ4v) is 8.53. The second-order valence-corrected chi connectivity index (χ2v) is 16.8. The molecule has 5 aliphatic rings. The first-order valence-electron chi connectivity index (χ1n) is 18.3. The molecular weight excluding hydrogens is 699 g/mol. The van der Waals surface area contributed by atoms with Crippen molar-refractivity contribution in [3.8, 4) is 0 Å². The highest BCUT2D eigenvalue weighted by molar-refractivity contribution is 7.87. The molecule has 0 spiro atoms. The minimum absolute atomic E-state index is 0.00406. The zero-order valence-corrected chi connectivity index (χ0v) is 30.6. The van der Waals surface area contributed by atoms with Gasteiger partial charge in [0.2, 0.25) is 11.8 Å². The molecule has 3 heterocycles. The van der Waals surface area contributed by atoms with E-state index in [0.29, 0.717) is 30.4 Å². The van der Waals surface area contributed by atoms with E-state index in [1.165, 1.54) is 30.0 Å². The predicted octanol–water partition coefficient (Wildman–Crippen LogP) is 2.83. The number of carbonyl (C=O) groups is 5. The number of halogens is 1. The number of amides is 5. The highest BCUT2D eigenvalue weighted by Gasteiger charge is 2.62. The van der Waals surface area contributed by atoms with Crippen molar-refractivity contribution in [2.75, 3.05) is 20.6 Å². The van der Waals surface area contributed by atoms with Crippen LogP contribution in [0.4, 0.5) is 14.0 Å². The molecule has 3 aliphatic heterocycles. The molecule has 5 atom stereocenters. The Morgan fingerprint density at radius 1 is 0.942 bits per heavy atom. The fourth-order valence-electron chi connectivity index (χ4n) is 7.93. The number of alkyl carbamates (subject to hydrolysis) is 1. The smallest absolute Gasteiger partial charge is 0.410 e. The lowest BCUT2D eigenvalue weighted by Gasteiger charge is -2.30. The number of carbonyl (C=O) groups excluding carboxylic acids is 5. The van der Waals surface area contributed by atoms with Gasteiger partial charge in [0.1, 0.15) is 35.6 Å². The van der Waals surface area contributed by atoms with Gasteiger partial charge in [-0.15, -0.1) is 0 Å². The summed E-state index contributed by atoms with van der Waals surface area (Å²) in [5.41, 5.74) is -0.467. The Bertz CT molecular complexity index is 1670. The van der Waals surface area contributed by atoms with E-state index in [9.17, 15) is 36.8 Å². The van der Waals surface area contributed by atoms with Crippen LogP contribution in [0.25, 0.3) is 0 Å². The molecule has 2 saturated carbocycles. The number of hydrogen-bond acceptors (Lipinski definition) is 9. The summed E-state index contributed by atoms with van der Waals surface area (Å²) in [6, 6.07) is 2.37. The van der Waals surface area contributed by atoms with Crippen LogP contribution in [0.5, 0.6) is 0 Å². The number of ether oxygens (including phenoxy) is 2. The van der Waals surface area contributed by atoms with Crippen LogP contribution >= 0.6 is 0 Å². The molecule has 15 nitrogen and oxygen atoms in total. The van der Waals surface area contributed by atoms with Crippen LogP contribution < -0.4 is 15.4 Å². The molecule has 0 radical (unpaired) electrons. The summed E-state index contributed by atoms with van der Waals surface area (Å²) in [5.74, 6) is -2.88. The van der Waals surface area contributed by atoms with E-state index < -0.39 is 69.7 Å². The van der Waals surface area contributed by atoms with E-state index >= 15 is 0 Å². The third-order valence-corrected chi connectivity index (χ3v) is 12.5. The van der Waals surface area contributed by atoms with Crippen LogP contribution in [0.2, 0.25) is 0 Å². The van der Waals surface area contributed by atoms with Gasteiger partial charge in [0, 0.05) is 32.6 Å². The zero-order chi connectivity index (χ0) is 37.2.